The molecule has 0 spiro atoms. The Balaban J connectivity index is -0.0000000646. The van der Waals surface area contributed by atoms with Crippen LogP contribution in [0.4, 0.5) is 0 Å². The molecule has 0 amide bonds. The summed E-state index contributed by atoms with van der Waals surface area (Å²) in [6.45, 7) is 7.08. The average Bonchev–Trinajstić information content (AvgIpc) is 1.71. The van der Waals surface area contributed by atoms with Crippen LogP contribution in [0.25, 0.3) is 0 Å². The smallest absolute Gasteiger partial charge is 0.300 e. The zero-order chi connectivity index (χ0) is 8.28. The van der Waals surface area contributed by atoms with Gasteiger partial charge in [0.2, 0.25) is 0 Å². The molecule has 0 saturated heterocycles. The Labute approximate surface area is 56.0 Å². The van der Waals surface area contributed by atoms with Crippen molar-refractivity contribution in [2.24, 2.45) is 0 Å². The molecule has 0 aromatic rings. The Morgan fingerprint density at radius 1 is 1.44 bits per heavy atom. The van der Waals surface area contributed by atoms with Crippen LogP contribution in [0.3, 0.4) is 0 Å². The first-order valence-electron chi connectivity index (χ1n) is 2.24. The van der Waals surface area contributed by atoms with E-state index in [1.54, 1.807) is 14.2 Å². The molecule has 0 bridgehead atoms. The van der Waals surface area contributed by atoms with Crippen LogP contribution < -0.4 is 0 Å². The molecule has 3 heteroatoms. The molecule has 0 rings (SSSR count). The summed E-state index contributed by atoms with van der Waals surface area (Å²) in [5, 5.41) is 7.42. The second kappa shape index (κ2) is 27.2. The van der Waals surface area contributed by atoms with Gasteiger partial charge in [-0.3, -0.25) is 4.79 Å². The fourth-order valence-corrected chi connectivity index (χ4v) is 0. The van der Waals surface area contributed by atoms with E-state index < -0.39 is 5.97 Å². The fraction of sp³-hybridized carbons (Fsp3) is 0.500. The first-order chi connectivity index (χ1) is 4.15. The van der Waals surface area contributed by atoms with Gasteiger partial charge in [0.15, 0.2) is 0 Å². The molecule has 9 heavy (non-hydrogen) atoms. The minimum absolute atomic E-state index is 0.833. The predicted octanol–water partition coefficient (Wildman–Crippen LogP) is 1.16. The lowest BCUT2D eigenvalue weighted by molar-refractivity contribution is -0.134. The lowest BCUT2D eigenvalue weighted by Gasteiger charge is -1.61. The zero-order valence-corrected chi connectivity index (χ0v) is 6.18. The molecule has 3 nitrogen and oxygen atoms in total. The van der Waals surface area contributed by atoms with Gasteiger partial charge in [0, 0.05) is 21.1 Å². The number of methoxy groups -OCH3 is 1. The second-order valence-electron chi connectivity index (χ2n) is 0.927. The van der Waals surface area contributed by atoms with Gasteiger partial charge in [-0.2, -0.15) is 0 Å². The Morgan fingerprint density at radius 3 is 1.44 bits per heavy atom. The molecule has 0 atom stereocenters. The van der Waals surface area contributed by atoms with Crippen LogP contribution in [-0.2, 0) is 9.53 Å². The van der Waals surface area contributed by atoms with Crippen LogP contribution in [0, 0.1) is 0 Å². The summed E-state index contributed by atoms with van der Waals surface area (Å²) in [4.78, 5) is 9.00. The van der Waals surface area contributed by atoms with Crippen LogP contribution in [0.5, 0.6) is 0 Å². The molecule has 0 aliphatic carbocycles. The molecule has 0 radical (unpaired) electrons. The lowest BCUT2D eigenvalue weighted by Crippen LogP contribution is -1.78. The third-order valence-electron chi connectivity index (χ3n) is 0. The highest BCUT2D eigenvalue weighted by Crippen LogP contribution is 1.42. The molecular weight excluding hydrogens is 120 g/mol. The summed E-state index contributed by atoms with van der Waals surface area (Å²) in [5.74, 6) is -0.833. The number of carboxylic acid groups (broad SMARTS) is 1. The van der Waals surface area contributed by atoms with Crippen LogP contribution >= 0.6 is 0 Å². The third kappa shape index (κ3) is 278. The minimum atomic E-state index is -0.833. The van der Waals surface area contributed by atoms with E-state index in [1.807, 2.05) is 0 Å². The molecule has 0 aromatic heterocycles. The van der Waals surface area contributed by atoms with E-state index in [4.69, 9.17) is 9.90 Å². The minimum Gasteiger partial charge on any atom is -0.481 e. The molecule has 0 aliphatic rings. The van der Waals surface area contributed by atoms with E-state index in [-0.39, 0.29) is 0 Å². The van der Waals surface area contributed by atoms with Crippen molar-refractivity contribution in [3.05, 3.63) is 13.2 Å². The molecule has 0 unspecified atom stereocenters. The normalized spacial score (nSPS) is 5.22. The van der Waals surface area contributed by atoms with Gasteiger partial charge < -0.3 is 9.84 Å². The first kappa shape index (κ1) is 15.7. The molecule has 56 valence electrons. The van der Waals surface area contributed by atoms with Crippen molar-refractivity contribution >= 4 is 5.97 Å². The SMILES string of the molecule is C=C.CC(=O)O.COC. The number of ether oxygens (including phenoxy) is 1. The highest BCUT2D eigenvalue weighted by Gasteiger charge is 1.65. The van der Waals surface area contributed by atoms with Crippen molar-refractivity contribution in [1.82, 2.24) is 0 Å². The fourth-order valence-electron chi connectivity index (χ4n) is 0. The quantitative estimate of drug-likeness (QED) is 0.505. The van der Waals surface area contributed by atoms with Gasteiger partial charge in [-0.1, -0.05) is 0 Å². The van der Waals surface area contributed by atoms with E-state index >= 15 is 0 Å². The van der Waals surface area contributed by atoms with Gasteiger partial charge >= 0.3 is 0 Å². The van der Waals surface area contributed by atoms with Gasteiger partial charge in [-0.05, 0) is 0 Å². The monoisotopic (exact) mass is 134 g/mol. The number of rotatable bonds is 0. The van der Waals surface area contributed by atoms with Gasteiger partial charge in [0.25, 0.3) is 5.97 Å². The van der Waals surface area contributed by atoms with E-state index in [2.05, 4.69) is 17.9 Å². The highest BCUT2D eigenvalue weighted by molar-refractivity contribution is 5.62. The van der Waals surface area contributed by atoms with Crippen molar-refractivity contribution < 1.29 is 14.6 Å². The van der Waals surface area contributed by atoms with E-state index in [0.717, 1.165) is 6.92 Å². The number of aliphatic carboxylic acids is 1. The molecule has 0 fully saturated rings. The van der Waals surface area contributed by atoms with Crippen LogP contribution in [0.1, 0.15) is 6.92 Å². The number of hydrogen-bond donors (Lipinski definition) is 1. The maximum atomic E-state index is 9.00. The molecule has 1 N–H and O–H groups in total. The maximum Gasteiger partial charge on any atom is 0.300 e. The zero-order valence-electron chi connectivity index (χ0n) is 6.18. The molecule has 0 aromatic carbocycles. The average molecular weight is 134 g/mol. The van der Waals surface area contributed by atoms with Crippen LogP contribution in [0.2, 0.25) is 0 Å². The highest BCUT2D eigenvalue weighted by atomic mass is 16.4. The largest absolute Gasteiger partial charge is 0.481 e. The number of carbonyl (C=O) groups is 1. The van der Waals surface area contributed by atoms with Gasteiger partial charge in [-0.15, -0.1) is 13.2 Å². The number of carboxylic acids is 1. The van der Waals surface area contributed by atoms with E-state index in [9.17, 15) is 0 Å². The van der Waals surface area contributed by atoms with Gasteiger partial charge in [0.1, 0.15) is 0 Å². The summed E-state index contributed by atoms with van der Waals surface area (Å²) in [6, 6.07) is 0. The third-order valence-corrected chi connectivity index (χ3v) is 0. The Bertz CT molecular complexity index is 48.3. The van der Waals surface area contributed by atoms with Crippen molar-refractivity contribution in [2.45, 2.75) is 6.92 Å². The van der Waals surface area contributed by atoms with Gasteiger partial charge in [0.05, 0.1) is 0 Å². The molecular formula is C6H14O3. The molecule has 0 heterocycles. The van der Waals surface area contributed by atoms with E-state index in [0.29, 0.717) is 0 Å². The Kier molecular flexibility index (Phi) is 47.4. The lowest BCUT2D eigenvalue weighted by atomic mass is 10.9. The maximum absolute atomic E-state index is 9.00. The van der Waals surface area contributed by atoms with Gasteiger partial charge in [-0.25, -0.2) is 0 Å². The van der Waals surface area contributed by atoms with E-state index in [1.165, 1.54) is 0 Å². The standard InChI is InChI=1S/C2H4O2.C2H6O.C2H4/c1-2(3)4;1-3-2;1-2/h1H3,(H,3,4);1-2H3;1-2H2. The number of hydrogen-bond acceptors (Lipinski definition) is 2. The Morgan fingerprint density at radius 2 is 1.44 bits per heavy atom. The summed E-state index contributed by atoms with van der Waals surface area (Å²) in [6.07, 6.45) is 0. The molecule has 0 aliphatic heterocycles. The van der Waals surface area contributed by atoms with Crippen molar-refractivity contribution in [3.63, 3.8) is 0 Å². The van der Waals surface area contributed by atoms with Crippen molar-refractivity contribution in [2.75, 3.05) is 14.2 Å². The molecule has 0 saturated carbocycles. The predicted molar refractivity (Wildman–Crippen MR) is 37.5 cm³/mol. The van der Waals surface area contributed by atoms with Crippen LogP contribution in [0.15, 0.2) is 13.2 Å². The Hall–Kier alpha value is -0.830. The van der Waals surface area contributed by atoms with Crippen molar-refractivity contribution in [3.8, 4) is 0 Å². The summed E-state index contributed by atoms with van der Waals surface area (Å²) < 4.78 is 4.25. The summed E-state index contributed by atoms with van der Waals surface area (Å²) in [5.41, 5.74) is 0. The topological polar surface area (TPSA) is 46.5 Å². The second-order valence-corrected chi connectivity index (χ2v) is 0.927. The first-order valence-corrected chi connectivity index (χ1v) is 2.24. The van der Waals surface area contributed by atoms with Crippen LogP contribution in [-0.4, -0.2) is 25.3 Å². The summed E-state index contributed by atoms with van der Waals surface area (Å²) >= 11 is 0. The van der Waals surface area contributed by atoms with Crippen molar-refractivity contribution in [1.29, 1.82) is 0 Å². The summed E-state index contributed by atoms with van der Waals surface area (Å²) in [7, 11) is 3.25.